The minimum atomic E-state index is -0.946. The van der Waals surface area contributed by atoms with Crippen molar-refractivity contribution in [2.45, 2.75) is 32.7 Å². The SMILES string of the molecule is Cc1nc(CCCC(=O)N(C)Cc2ccc(C(=O)O)cc2)cs1. The molecule has 0 spiro atoms. The van der Waals surface area contributed by atoms with Gasteiger partial charge in [-0.3, -0.25) is 4.79 Å². The number of carboxylic acids is 1. The van der Waals surface area contributed by atoms with Gasteiger partial charge in [0.1, 0.15) is 0 Å². The Morgan fingerprint density at radius 2 is 1.96 bits per heavy atom. The van der Waals surface area contributed by atoms with Crippen molar-refractivity contribution in [3.63, 3.8) is 0 Å². The third-order valence-electron chi connectivity index (χ3n) is 3.54. The maximum atomic E-state index is 12.1. The Bertz CT molecular complexity index is 679. The van der Waals surface area contributed by atoms with Crippen LogP contribution in [0.4, 0.5) is 0 Å². The van der Waals surface area contributed by atoms with E-state index in [4.69, 9.17) is 5.11 Å². The average molecular weight is 332 g/mol. The van der Waals surface area contributed by atoms with Crippen LogP contribution < -0.4 is 0 Å². The molecular formula is C17H20N2O3S. The lowest BCUT2D eigenvalue weighted by Crippen LogP contribution is -2.26. The Labute approximate surface area is 139 Å². The van der Waals surface area contributed by atoms with Gasteiger partial charge in [-0.05, 0) is 37.5 Å². The Balaban J connectivity index is 1.78. The molecule has 2 aromatic rings. The summed E-state index contributed by atoms with van der Waals surface area (Å²) in [4.78, 5) is 29.0. The molecule has 23 heavy (non-hydrogen) atoms. The molecule has 122 valence electrons. The van der Waals surface area contributed by atoms with Crippen molar-refractivity contribution in [2.24, 2.45) is 0 Å². The van der Waals surface area contributed by atoms with E-state index in [1.807, 2.05) is 12.3 Å². The van der Waals surface area contributed by atoms with E-state index in [-0.39, 0.29) is 11.5 Å². The molecule has 0 fully saturated rings. The Kier molecular flexibility index (Phi) is 5.87. The zero-order valence-corrected chi connectivity index (χ0v) is 14.1. The Hall–Kier alpha value is -2.21. The fourth-order valence-electron chi connectivity index (χ4n) is 2.25. The molecule has 0 radical (unpaired) electrons. The van der Waals surface area contributed by atoms with Crippen LogP contribution in [0.5, 0.6) is 0 Å². The van der Waals surface area contributed by atoms with Crippen LogP contribution in [0.3, 0.4) is 0 Å². The van der Waals surface area contributed by atoms with Gasteiger partial charge in [-0.1, -0.05) is 12.1 Å². The van der Waals surface area contributed by atoms with E-state index in [0.29, 0.717) is 13.0 Å². The molecule has 0 unspecified atom stereocenters. The minimum Gasteiger partial charge on any atom is -0.478 e. The standard InChI is InChI=1S/C17H20N2O3S/c1-12-18-15(11-23-12)4-3-5-16(20)19(2)10-13-6-8-14(9-7-13)17(21)22/h6-9,11H,3-5,10H2,1-2H3,(H,21,22). The Morgan fingerprint density at radius 1 is 1.26 bits per heavy atom. The minimum absolute atomic E-state index is 0.0827. The number of hydrogen-bond donors (Lipinski definition) is 1. The zero-order chi connectivity index (χ0) is 16.8. The van der Waals surface area contributed by atoms with Crippen LogP contribution in [0, 0.1) is 6.92 Å². The van der Waals surface area contributed by atoms with E-state index in [2.05, 4.69) is 4.98 Å². The molecule has 6 heteroatoms. The molecule has 0 aliphatic rings. The fraction of sp³-hybridized carbons (Fsp3) is 0.353. The van der Waals surface area contributed by atoms with Crippen LogP contribution in [0.1, 0.15) is 39.5 Å². The molecule has 1 heterocycles. The third kappa shape index (κ3) is 5.17. The molecule has 1 amide bonds. The monoisotopic (exact) mass is 332 g/mol. The Morgan fingerprint density at radius 3 is 2.52 bits per heavy atom. The number of amides is 1. The summed E-state index contributed by atoms with van der Waals surface area (Å²) in [6, 6.07) is 6.59. The smallest absolute Gasteiger partial charge is 0.335 e. The molecular weight excluding hydrogens is 312 g/mol. The average Bonchev–Trinajstić information content (AvgIpc) is 2.93. The number of carboxylic acid groups (broad SMARTS) is 1. The highest BCUT2D eigenvalue weighted by Crippen LogP contribution is 2.12. The lowest BCUT2D eigenvalue weighted by atomic mass is 10.1. The second kappa shape index (κ2) is 7.87. The van der Waals surface area contributed by atoms with Crippen LogP contribution in [-0.2, 0) is 17.8 Å². The van der Waals surface area contributed by atoms with E-state index in [1.165, 1.54) is 0 Å². The normalized spacial score (nSPS) is 10.5. The van der Waals surface area contributed by atoms with Gasteiger partial charge >= 0.3 is 5.97 Å². The van der Waals surface area contributed by atoms with Crippen molar-refractivity contribution in [1.82, 2.24) is 9.88 Å². The van der Waals surface area contributed by atoms with Gasteiger partial charge in [-0.2, -0.15) is 0 Å². The van der Waals surface area contributed by atoms with Crippen molar-refractivity contribution < 1.29 is 14.7 Å². The topological polar surface area (TPSA) is 70.5 Å². The maximum absolute atomic E-state index is 12.1. The second-order valence-electron chi connectivity index (χ2n) is 5.46. The van der Waals surface area contributed by atoms with E-state index in [1.54, 1.807) is 47.5 Å². The molecule has 1 aromatic carbocycles. The number of carbonyl (C=O) groups is 2. The van der Waals surface area contributed by atoms with E-state index >= 15 is 0 Å². The first-order valence-electron chi connectivity index (χ1n) is 7.43. The van der Waals surface area contributed by atoms with Gasteiger partial charge in [0.15, 0.2) is 0 Å². The highest BCUT2D eigenvalue weighted by atomic mass is 32.1. The quantitative estimate of drug-likeness (QED) is 0.845. The number of aromatic nitrogens is 1. The van der Waals surface area contributed by atoms with Crippen molar-refractivity contribution in [2.75, 3.05) is 7.05 Å². The summed E-state index contributed by atoms with van der Waals surface area (Å²) >= 11 is 1.63. The number of nitrogens with zero attached hydrogens (tertiary/aromatic N) is 2. The second-order valence-corrected chi connectivity index (χ2v) is 6.53. The summed E-state index contributed by atoms with van der Waals surface area (Å²) in [5.41, 5.74) is 2.22. The fourth-order valence-corrected chi connectivity index (χ4v) is 2.90. The molecule has 0 bridgehead atoms. The van der Waals surface area contributed by atoms with Crippen molar-refractivity contribution in [3.8, 4) is 0 Å². The maximum Gasteiger partial charge on any atom is 0.335 e. The number of hydrogen-bond acceptors (Lipinski definition) is 4. The summed E-state index contributed by atoms with van der Waals surface area (Å²) in [6.07, 6.45) is 2.09. The highest BCUT2D eigenvalue weighted by molar-refractivity contribution is 7.09. The molecule has 0 saturated carbocycles. The molecule has 0 atom stereocenters. The lowest BCUT2D eigenvalue weighted by molar-refractivity contribution is -0.130. The number of aromatic carboxylic acids is 1. The predicted octanol–water partition coefficient (Wildman–Crippen LogP) is 3.13. The largest absolute Gasteiger partial charge is 0.478 e. The van der Waals surface area contributed by atoms with Crippen LogP contribution in [0.25, 0.3) is 0 Å². The first-order chi connectivity index (χ1) is 11.0. The summed E-state index contributed by atoms with van der Waals surface area (Å²) in [5, 5.41) is 12.0. The number of carbonyl (C=O) groups excluding carboxylic acids is 1. The molecule has 0 aliphatic carbocycles. The van der Waals surface area contributed by atoms with Crippen LogP contribution >= 0.6 is 11.3 Å². The van der Waals surface area contributed by atoms with Crippen molar-refractivity contribution in [3.05, 3.63) is 51.5 Å². The van der Waals surface area contributed by atoms with Gasteiger partial charge in [0.2, 0.25) is 5.91 Å². The molecule has 1 aromatic heterocycles. The van der Waals surface area contributed by atoms with Crippen molar-refractivity contribution in [1.29, 1.82) is 0 Å². The zero-order valence-electron chi connectivity index (χ0n) is 13.3. The molecule has 0 saturated heterocycles. The highest BCUT2D eigenvalue weighted by Gasteiger charge is 2.10. The van der Waals surface area contributed by atoms with Crippen LogP contribution in [0.2, 0.25) is 0 Å². The summed E-state index contributed by atoms with van der Waals surface area (Å²) in [5.74, 6) is -0.863. The molecule has 0 aliphatic heterocycles. The van der Waals surface area contributed by atoms with Crippen molar-refractivity contribution >= 4 is 23.2 Å². The number of rotatable bonds is 7. The van der Waals surface area contributed by atoms with E-state index in [9.17, 15) is 9.59 Å². The molecule has 2 rings (SSSR count). The summed E-state index contributed by atoms with van der Waals surface area (Å²) < 4.78 is 0. The first-order valence-corrected chi connectivity index (χ1v) is 8.31. The van der Waals surface area contributed by atoms with Gasteiger partial charge in [0.05, 0.1) is 16.3 Å². The number of aryl methyl sites for hydroxylation is 2. The van der Waals surface area contributed by atoms with Crippen LogP contribution in [0.15, 0.2) is 29.6 Å². The molecule has 1 N–H and O–H groups in total. The lowest BCUT2D eigenvalue weighted by Gasteiger charge is -2.17. The van der Waals surface area contributed by atoms with Gasteiger partial charge in [-0.25, -0.2) is 9.78 Å². The molecule has 5 nitrogen and oxygen atoms in total. The third-order valence-corrected chi connectivity index (χ3v) is 4.36. The van der Waals surface area contributed by atoms with E-state index in [0.717, 1.165) is 29.1 Å². The summed E-state index contributed by atoms with van der Waals surface area (Å²) in [6.45, 7) is 2.46. The van der Waals surface area contributed by atoms with Crippen LogP contribution in [-0.4, -0.2) is 33.9 Å². The number of benzene rings is 1. The van der Waals surface area contributed by atoms with Gasteiger partial charge < -0.3 is 10.0 Å². The van der Waals surface area contributed by atoms with Gasteiger partial charge in [0.25, 0.3) is 0 Å². The van der Waals surface area contributed by atoms with Gasteiger partial charge in [0, 0.05) is 25.4 Å². The number of thiazole rings is 1. The predicted molar refractivity (Wildman–Crippen MR) is 89.7 cm³/mol. The summed E-state index contributed by atoms with van der Waals surface area (Å²) in [7, 11) is 1.76. The first kappa shape index (κ1) is 17.1. The van der Waals surface area contributed by atoms with E-state index < -0.39 is 5.97 Å². The van der Waals surface area contributed by atoms with Gasteiger partial charge in [-0.15, -0.1) is 11.3 Å².